The van der Waals surface area contributed by atoms with E-state index in [0.717, 1.165) is 41.5 Å². The molecule has 2 rings (SSSR count). The van der Waals surface area contributed by atoms with Gasteiger partial charge in [0, 0.05) is 47.7 Å². The normalized spacial score (nSPS) is 11.2. The van der Waals surface area contributed by atoms with Crippen molar-refractivity contribution in [1.82, 2.24) is 19.8 Å². The summed E-state index contributed by atoms with van der Waals surface area (Å²) in [5.74, 6) is 1.75. The van der Waals surface area contributed by atoms with E-state index >= 15 is 0 Å². The van der Waals surface area contributed by atoms with Crippen LogP contribution in [0, 0.1) is 0 Å². The van der Waals surface area contributed by atoms with E-state index in [-0.39, 0.29) is 5.91 Å². The van der Waals surface area contributed by atoms with Crippen LogP contribution in [0.15, 0.2) is 11.4 Å². The third-order valence-corrected chi connectivity index (χ3v) is 5.14. The minimum Gasteiger partial charge on any atom is -0.358 e. The molecule has 144 valence electrons. The fourth-order valence-electron chi connectivity index (χ4n) is 2.58. The van der Waals surface area contributed by atoms with Gasteiger partial charge in [-0.25, -0.2) is 4.98 Å². The van der Waals surface area contributed by atoms with Crippen LogP contribution in [0.2, 0.25) is 0 Å². The number of fused-ring (bicyclic) bond motifs is 1. The van der Waals surface area contributed by atoms with E-state index in [2.05, 4.69) is 28.8 Å². The Morgan fingerprint density at radius 2 is 1.73 bits per heavy atom. The van der Waals surface area contributed by atoms with Gasteiger partial charge in [0.05, 0.1) is 10.2 Å². The smallest absolute Gasteiger partial charge is 0.227 e. The number of carbonyl (C=O) groups excluding carboxylic acids is 1. The predicted octanol–water partition coefficient (Wildman–Crippen LogP) is 1.99. The van der Waals surface area contributed by atoms with Crippen molar-refractivity contribution in [3.05, 3.63) is 11.4 Å². The van der Waals surface area contributed by atoms with Crippen LogP contribution in [-0.4, -0.2) is 87.6 Å². The Bertz CT molecular complexity index is 730. The van der Waals surface area contributed by atoms with Crippen LogP contribution in [0.5, 0.6) is 0 Å². The third-order valence-electron chi connectivity index (χ3n) is 4.24. The third kappa shape index (κ3) is 5.28. The van der Waals surface area contributed by atoms with Crippen LogP contribution in [-0.2, 0) is 4.79 Å². The number of hydrogen-bond donors (Lipinski definition) is 0. The van der Waals surface area contributed by atoms with E-state index < -0.39 is 0 Å². The standard InChI is InChI=1S/C18H30N6OS/c1-21(2)10-7-11-24(6)18-19-14-9-13-26-16(14)17(20-18)23(5)12-8-15(25)22(3)4/h9,13H,7-8,10-12H2,1-6H3. The van der Waals surface area contributed by atoms with Gasteiger partial charge in [-0.1, -0.05) is 0 Å². The van der Waals surface area contributed by atoms with Gasteiger partial charge in [0.25, 0.3) is 0 Å². The number of thiophene rings is 1. The molecule has 0 unspecified atom stereocenters. The van der Waals surface area contributed by atoms with E-state index in [4.69, 9.17) is 9.97 Å². The van der Waals surface area contributed by atoms with Gasteiger partial charge in [-0.15, -0.1) is 11.3 Å². The van der Waals surface area contributed by atoms with Crippen molar-refractivity contribution < 1.29 is 4.79 Å². The highest BCUT2D eigenvalue weighted by Gasteiger charge is 2.16. The van der Waals surface area contributed by atoms with Gasteiger partial charge in [-0.05, 0) is 38.5 Å². The van der Waals surface area contributed by atoms with Gasteiger partial charge < -0.3 is 19.6 Å². The molecule has 2 heterocycles. The lowest BCUT2D eigenvalue weighted by Crippen LogP contribution is -2.29. The lowest BCUT2D eigenvalue weighted by molar-refractivity contribution is -0.128. The zero-order valence-electron chi connectivity index (χ0n) is 16.7. The van der Waals surface area contributed by atoms with E-state index in [9.17, 15) is 4.79 Å². The molecule has 0 aliphatic carbocycles. The first-order valence-electron chi connectivity index (χ1n) is 8.82. The van der Waals surface area contributed by atoms with Crippen molar-refractivity contribution in [2.24, 2.45) is 0 Å². The Labute approximate surface area is 160 Å². The van der Waals surface area contributed by atoms with Crippen LogP contribution in [0.1, 0.15) is 12.8 Å². The molecule has 2 aromatic rings. The quantitative estimate of drug-likeness (QED) is 0.665. The number of anilines is 2. The number of carbonyl (C=O) groups is 1. The van der Waals surface area contributed by atoms with Crippen molar-refractivity contribution in [1.29, 1.82) is 0 Å². The van der Waals surface area contributed by atoms with Gasteiger partial charge in [0.15, 0.2) is 5.82 Å². The summed E-state index contributed by atoms with van der Waals surface area (Å²) in [5.41, 5.74) is 0.959. The van der Waals surface area contributed by atoms with Crippen molar-refractivity contribution in [3.8, 4) is 0 Å². The molecule has 0 saturated heterocycles. The highest BCUT2D eigenvalue weighted by Crippen LogP contribution is 2.30. The van der Waals surface area contributed by atoms with Gasteiger partial charge in [0.1, 0.15) is 0 Å². The average Bonchev–Trinajstić information content (AvgIpc) is 3.06. The average molecular weight is 379 g/mol. The van der Waals surface area contributed by atoms with Crippen molar-refractivity contribution >= 4 is 39.2 Å². The van der Waals surface area contributed by atoms with Crippen LogP contribution >= 0.6 is 11.3 Å². The second-order valence-corrected chi connectivity index (χ2v) is 7.94. The fourth-order valence-corrected chi connectivity index (χ4v) is 3.46. The summed E-state index contributed by atoms with van der Waals surface area (Å²) in [4.78, 5) is 29.4. The number of aromatic nitrogens is 2. The van der Waals surface area contributed by atoms with E-state index in [1.54, 1.807) is 30.3 Å². The Kier molecular flexibility index (Phi) is 7.16. The van der Waals surface area contributed by atoms with Crippen LogP contribution in [0.4, 0.5) is 11.8 Å². The van der Waals surface area contributed by atoms with Crippen molar-refractivity contribution in [3.63, 3.8) is 0 Å². The van der Waals surface area contributed by atoms with E-state index in [1.807, 2.05) is 25.5 Å². The minimum absolute atomic E-state index is 0.120. The molecular formula is C18H30N6OS. The molecule has 0 aliphatic rings. The second-order valence-electron chi connectivity index (χ2n) is 7.02. The highest BCUT2D eigenvalue weighted by molar-refractivity contribution is 7.17. The molecule has 1 amide bonds. The zero-order chi connectivity index (χ0) is 19.3. The van der Waals surface area contributed by atoms with Crippen molar-refractivity contribution in [2.75, 3.05) is 71.7 Å². The van der Waals surface area contributed by atoms with Crippen LogP contribution in [0.25, 0.3) is 10.2 Å². The topological polar surface area (TPSA) is 55.8 Å². The first-order chi connectivity index (χ1) is 12.3. The predicted molar refractivity (Wildman–Crippen MR) is 110 cm³/mol. The summed E-state index contributed by atoms with van der Waals surface area (Å²) in [5, 5.41) is 2.04. The number of nitrogens with zero attached hydrogens (tertiary/aromatic N) is 6. The summed E-state index contributed by atoms with van der Waals surface area (Å²) in [6, 6.07) is 2.03. The number of hydrogen-bond acceptors (Lipinski definition) is 7. The molecule has 0 spiro atoms. The lowest BCUT2D eigenvalue weighted by atomic mass is 10.3. The van der Waals surface area contributed by atoms with Gasteiger partial charge in [0.2, 0.25) is 11.9 Å². The molecule has 0 fully saturated rings. The summed E-state index contributed by atoms with van der Waals surface area (Å²) < 4.78 is 1.07. The maximum atomic E-state index is 11.9. The molecule has 7 nitrogen and oxygen atoms in total. The van der Waals surface area contributed by atoms with Crippen LogP contribution < -0.4 is 9.80 Å². The lowest BCUT2D eigenvalue weighted by Gasteiger charge is -2.23. The fraction of sp³-hybridized carbons (Fsp3) is 0.611. The molecular weight excluding hydrogens is 348 g/mol. The molecule has 2 aromatic heterocycles. The summed E-state index contributed by atoms with van der Waals surface area (Å²) in [6.07, 6.45) is 1.52. The first kappa shape index (κ1) is 20.4. The molecule has 0 aliphatic heterocycles. The molecule has 26 heavy (non-hydrogen) atoms. The Hall–Kier alpha value is -1.93. The van der Waals surface area contributed by atoms with Gasteiger partial charge >= 0.3 is 0 Å². The maximum Gasteiger partial charge on any atom is 0.227 e. The van der Waals surface area contributed by atoms with Crippen molar-refractivity contribution in [2.45, 2.75) is 12.8 Å². The summed E-state index contributed by atoms with van der Waals surface area (Å²) in [7, 11) is 11.7. The summed E-state index contributed by atoms with van der Waals surface area (Å²) in [6.45, 7) is 2.56. The maximum absolute atomic E-state index is 11.9. The highest BCUT2D eigenvalue weighted by atomic mass is 32.1. The molecule has 0 saturated carbocycles. The molecule has 0 radical (unpaired) electrons. The SMILES string of the molecule is CN(C)CCCN(C)c1nc(N(C)CCC(=O)N(C)C)c2sccc2n1. The monoisotopic (exact) mass is 378 g/mol. The molecule has 0 bridgehead atoms. The van der Waals surface area contributed by atoms with E-state index in [1.165, 1.54) is 0 Å². The number of amides is 1. The Morgan fingerprint density at radius 3 is 2.38 bits per heavy atom. The molecule has 0 aromatic carbocycles. The summed E-state index contributed by atoms with van der Waals surface area (Å²) >= 11 is 1.64. The van der Waals surface area contributed by atoms with Gasteiger partial charge in [-0.2, -0.15) is 4.98 Å². The van der Waals surface area contributed by atoms with Gasteiger partial charge in [-0.3, -0.25) is 4.79 Å². The Balaban J connectivity index is 2.17. The zero-order valence-corrected chi connectivity index (χ0v) is 17.5. The van der Waals surface area contributed by atoms with Crippen LogP contribution in [0.3, 0.4) is 0 Å². The largest absolute Gasteiger partial charge is 0.358 e. The second kappa shape index (κ2) is 9.14. The molecule has 0 atom stereocenters. The Morgan fingerprint density at radius 1 is 1.00 bits per heavy atom. The first-order valence-corrected chi connectivity index (χ1v) is 9.70. The molecule has 0 N–H and O–H groups in total. The molecule has 8 heteroatoms. The van der Waals surface area contributed by atoms with E-state index in [0.29, 0.717) is 13.0 Å². The minimum atomic E-state index is 0.120. The number of rotatable bonds is 9.